The molecule has 21 heteroatoms. The molecule has 9 atom stereocenters. The number of fused-ring (bicyclic) bond motifs is 2. The Morgan fingerprint density at radius 1 is 0.761 bits per heavy atom. The molecule has 0 radical (unpaired) electrons. The van der Waals surface area contributed by atoms with Crippen LogP contribution in [0.1, 0.15) is 116 Å². The van der Waals surface area contributed by atoms with E-state index in [-0.39, 0.29) is 56.4 Å². The zero-order chi connectivity index (χ0) is 52.5. The van der Waals surface area contributed by atoms with E-state index < -0.39 is 120 Å². The number of likely N-dealkylation sites (N-methyl/N-ethyl adjacent to an activating group) is 1. The first-order valence-electron chi connectivity index (χ1n) is 24.4. The van der Waals surface area contributed by atoms with Gasteiger partial charge in [0.1, 0.15) is 66.1 Å². The smallest absolute Gasteiger partial charge is 0.329 e. The highest BCUT2D eigenvalue weighted by Gasteiger charge is 2.45. The summed E-state index contributed by atoms with van der Waals surface area (Å²) < 4.78 is 5.87. The average molecular weight is 994 g/mol. The summed E-state index contributed by atoms with van der Waals surface area (Å²) in [5.41, 5.74) is 0.935. The highest BCUT2D eigenvalue weighted by atomic mass is 16.5. The number of phenolic OH excluding ortho intramolecular Hbond substituents is 2. The van der Waals surface area contributed by atoms with Gasteiger partial charge < -0.3 is 61.5 Å². The second-order valence-corrected chi connectivity index (χ2v) is 18.7. The van der Waals surface area contributed by atoms with Crippen molar-refractivity contribution in [3.63, 3.8) is 0 Å². The van der Waals surface area contributed by atoms with Crippen LogP contribution in [0, 0.1) is 5.92 Å². The van der Waals surface area contributed by atoms with Gasteiger partial charge in [-0.3, -0.25) is 38.4 Å². The predicted octanol–water partition coefficient (Wildman–Crippen LogP) is 1.68. The number of carbonyl (C=O) groups is 9. The molecule has 7 amide bonds. The number of piperidine rings is 1. The third-order valence-electron chi connectivity index (χ3n) is 12.7. The molecular weight excluding hydrogens is 923 g/mol. The number of carbonyl (C=O) groups excluding carboxylic acids is 8. The lowest BCUT2D eigenvalue weighted by molar-refractivity contribution is -0.165. The molecule has 9 unspecified atom stereocenters. The number of cyclic esters (lactones) is 1. The molecule has 0 aliphatic carbocycles. The van der Waals surface area contributed by atoms with E-state index in [1.165, 1.54) is 50.4 Å². The van der Waals surface area contributed by atoms with E-state index >= 15 is 0 Å². The summed E-state index contributed by atoms with van der Waals surface area (Å²) in [6, 6.07) is 1.24. The van der Waals surface area contributed by atoms with Crippen molar-refractivity contribution in [3.8, 4) is 11.5 Å². The minimum atomic E-state index is -1.84. The Morgan fingerprint density at radius 2 is 1.37 bits per heavy atom. The fourth-order valence-corrected chi connectivity index (χ4v) is 8.50. The molecule has 71 heavy (non-hydrogen) atoms. The van der Waals surface area contributed by atoms with Crippen molar-refractivity contribution < 1.29 is 68.3 Å². The number of aromatic hydroxyl groups is 2. The van der Waals surface area contributed by atoms with Crippen molar-refractivity contribution in [2.75, 3.05) is 7.05 Å². The number of hydrogen-bond donors (Lipinski definition) is 9. The second kappa shape index (κ2) is 27.0. The van der Waals surface area contributed by atoms with E-state index in [1.54, 1.807) is 26.0 Å². The van der Waals surface area contributed by atoms with Crippen molar-refractivity contribution >= 4 is 53.3 Å². The number of aliphatic hydroxyl groups is 1. The largest absolute Gasteiger partial charge is 0.508 e. The first kappa shape index (κ1) is 56.8. The van der Waals surface area contributed by atoms with Crippen molar-refractivity contribution in [1.82, 2.24) is 36.4 Å². The fourth-order valence-electron chi connectivity index (χ4n) is 8.50. The van der Waals surface area contributed by atoms with Gasteiger partial charge in [0.05, 0.1) is 0 Å². The van der Waals surface area contributed by atoms with Gasteiger partial charge in [-0.05, 0) is 80.3 Å². The molecular formula is C50H71N7O14. The van der Waals surface area contributed by atoms with Crippen LogP contribution in [0.5, 0.6) is 11.5 Å². The average Bonchev–Trinajstić information content (AvgIpc) is 3.32. The number of carboxylic acid groups (broad SMARTS) is 1. The molecule has 2 saturated heterocycles. The van der Waals surface area contributed by atoms with Gasteiger partial charge in [-0.25, -0.2) is 4.79 Å². The molecule has 9 N–H and O–H groups in total. The molecule has 2 aliphatic rings. The minimum Gasteiger partial charge on any atom is -0.508 e. The molecule has 2 heterocycles. The molecule has 4 rings (SSSR count). The number of phenols is 2. The Labute approximate surface area is 413 Å². The Bertz CT molecular complexity index is 2190. The number of amides is 7. The number of nitrogens with one attached hydrogen (secondary N) is 5. The number of rotatable bonds is 18. The van der Waals surface area contributed by atoms with Crippen LogP contribution >= 0.6 is 0 Å². The Morgan fingerprint density at radius 3 is 1.94 bits per heavy atom. The number of benzene rings is 2. The summed E-state index contributed by atoms with van der Waals surface area (Å²) in [5.74, 6) is -9.09. The predicted molar refractivity (Wildman–Crippen MR) is 257 cm³/mol. The van der Waals surface area contributed by atoms with Gasteiger partial charge in [0, 0.05) is 32.7 Å². The fraction of sp³-hybridized carbons (Fsp3) is 0.580. The highest BCUT2D eigenvalue weighted by Crippen LogP contribution is 2.26. The normalized spacial score (nSPS) is 24.3. The summed E-state index contributed by atoms with van der Waals surface area (Å²) in [5, 5.41) is 54.0. The van der Waals surface area contributed by atoms with Crippen LogP contribution < -0.4 is 26.6 Å². The van der Waals surface area contributed by atoms with Crippen LogP contribution in [0.25, 0.3) is 0 Å². The van der Waals surface area contributed by atoms with Crippen LogP contribution in [-0.2, 0) is 60.7 Å². The Kier molecular flexibility index (Phi) is 21.6. The lowest BCUT2D eigenvalue weighted by atomic mass is 9.96. The van der Waals surface area contributed by atoms with E-state index in [0.29, 0.717) is 36.8 Å². The maximum absolute atomic E-state index is 14.8. The van der Waals surface area contributed by atoms with E-state index in [2.05, 4.69) is 26.6 Å². The van der Waals surface area contributed by atoms with Crippen molar-refractivity contribution in [2.45, 2.75) is 173 Å². The molecule has 2 aliphatic heterocycles. The summed E-state index contributed by atoms with van der Waals surface area (Å²) >= 11 is 0. The van der Waals surface area contributed by atoms with Gasteiger partial charge in [0.15, 0.2) is 0 Å². The molecule has 2 fully saturated rings. The van der Waals surface area contributed by atoms with E-state index in [0.717, 1.165) is 16.2 Å². The number of unbranched alkanes of at least 4 members (excludes halogenated alkanes) is 3. The van der Waals surface area contributed by atoms with Gasteiger partial charge in [0.25, 0.3) is 0 Å². The summed E-state index contributed by atoms with van der Waals surface area (Å²) in [6.07, 6.45) is -1.49. The first-order chi connectivity index (χ1) is 33.6. The number of nitrogens with zero attached hydrogens (tertiary/aromatic N) is 2. The van der Waals surface area contributed by atoms with Gasteiger partial charge in [-0.2, -0.15) is 0 Å². The number of hydrogen-bond acceptors (Lipinski definition) is 13. The lowest BCUT2D eigenvalue weighted by Gasteiger charge is -2.43. The van der Waals surface area contributed by atoms with Crippen molar-refractivity contribution in [1.29, 1.82) is 0 Å². The summed E-state index contributed by atoms with van der Waals surface area (Å²) in [6.45, 7) is 8.28. The van der Waals surface area contributed by atoms with Crippen LogP contribution in [0.2, 0.25) is 0 Å². The lowest BCUT2D eigenvalue weighted by Crippen LogP contribution is -2.65. The molecule has 2 bridgehead atoms. The van der Waals surface area contributed by atoms with E-state index in [9.17, 15) is 63.6 Å². The van der Waals surface area contributed by atoms with E-state index in [4.69, 9.17) is 4.74 Å². The van der Waals surface area contributed by atoms with Gasteiger partial charge in [-0.1, -0.05) is 77.6 Å². The topological polar surface area (TPSA) is 310 Å². The zero-order valence-electron chi connectivity index (χ0n) is 41.4. The molecule has 0 saturated carbocycles. The SMILES string of the molecule is CCCCCC(=O)NC(CCC(=O)O)C(=O)NC1C(=O)NC(Cc2ccc(O)cc2)C(=O)NC2CCC(O)N(C2=O)C(CCCC)C(=O)N(C)C(Cc2ccc(O)cc2)C(=O)NC(C(C)C)C(=O)OC1C. The van der Waals surface area contributed by atoms with Crippen LogP contribution in [0.3, 0.4) is 0 Å². The van der Waals surface area contributed by atoms with Crippen LogP contribution in [0.15, 0.2) is 48.5 Å². The molecule has 21 nitrogen and oxygen atoms in total. The van der Waals surface area contributed by atoms with Crippen molar-refractivity contribution in [3.05, 3.63) is 59.7 Å². The summed E-state index contributed by atoms with van der Waals surface area (Å²) in [7, 11) is 1.36. The third-order valence-corrected chi connectivity index (χ3v) is 12.7. The third kappa shape index (κ3) is 16.4. The van der Waals surface area contributed by atoms with E-state index in [1.807, 2.05) is 13.8 Å². The standard InChI is InChI=1S/C50H71N7O14/c1-7-9-11-13-39(60)51-34(23-25-41(62)63)44(64)55-43-29(5)71-50(70)42(28(3)4)54-46(66)38(27-31-16-20-33(59)21-17-31)56(6)49(69)37(12-10-8-2)57-40(61)24-22-35(48(57)68)52-45(65)36(53-47(43)67)26-30-14-18-32(58)19-15-30/h14-21,28-29,34-38,40,42-43,58-59,61H,7-13,22-27H2,1-6H3,(H,51,60)(H,52,65)(H,53,67)(H,54,66)(H,55,64)(H,62,63). The first-order valence-corrected chi connectivity index (χ1v) is 24.4. The maximum atomic E-state index is 14.8. The maximum Gasteiger partial charge on any atom is 0.329 e. The van der Waals surface area contributed by atoms with Gasteiger partial charge >= 0.3 is 11.9 Å². The van der Waals surface area contributed by atoms with Gasteiger partial charge in [-0.15, -0.1) is 0 Å². The molecule has 0 aromatic heterocycles. The molecule has 2 aromatic rings. The number of carboxylic acids is 1. The monoisotopic (exact) mass is 994 g/mol. The Hall–Kier alpha value is -6.77. The minimum absolute atomic E-state index is 0.0261. The molecule has 0 spiro atoms. The summed E-state index contributed by atoms with van der Waals surface area (Å²) in [4.78, 5) is 128. The number of esters is 1. The molecule has 2 aromatic carbocycles. The quantitative estimate of drug-likeness (QED) is 0.0759. The highest BCUT2D eigenvalue weighted by molar-refractivity contribution is 5.98. The Balaban J connectivity index is 1.87. The van der Waals surface area contributed by atoms with Crippen LogP contribution in [-0.4, -0.2) is 145 Å². The number of ether oxygens (including phenoxy) is 1. The number of aliphatic hydroxyl groups excluding tert-OH is 1. The van der Waals surface area contributed by atoms with Gasteiger partial charge in [0.2, 0.25) is 41.4 Å². The van der Waals surface area contributed by atoms with Crippen LogP contribution in [0.4, 0.5) is 0 Å². The second-order valence-electron chi connectivity index (χ2n) is 18.7. The zero-order valence-corrected chi connectivity index (χ0v) is 41.4. The van der Waals surface area contributed by atoms with Crippen molar-refractivity contribution in [2.24, 2.45) is 5.92 Å². The number of aliphatic carboxylic acids is 1. The molecule has 390 valence electrons.